The highest BCUT2D eigenvalue weighted by Gasteiger charge is 2.22. The predicted octanol–water partition coefficient (Wildman–Crippen LogP) is 4.50. The van der Waals surface area contributed by atoms with E-state index in [-0.39, 0.29) is 5.02 Å². The molecule has 0 bridgehead atoms. The molecule has 6 heteroatoms. The number of hydrogen-bond donors (Lipinski definition) is 1. The SMILES string of the molecule is Cc1cscc1-c1nn(C)c(N)c1-c1cccc(Cl)c1F. The summed E-state index contributed by atoms with van der Waals surface area (Å²) in [7, 11) is 1.74. The number of anilines is 1. The van der Waals surface area contributed by atoms with Gasteiger partial charge < -0.3 is 5.73 Å². The fourth-order valence-electron chi connectivity index (χ4n) is 2.29. The molecule has 3 nitrogen and oxygen atoms in total. The Hall–Kier alpha value is -1.85. The van der Waals surface area contributed by atoms with Gasteiger partial charge in [0.05, 0.1) is 10.6 Å². The Morgan fingerprint density at radius 2 is 2.05 bits per heavy atom. The molecule has 0 amide bonds. The summed E-state index contributed by atoms with van der Waals surface area (Å²) >= 11 is 7.47. The zero-order valence-electron chi connectivity index (χ0n) is 11.5. The van der Waals surface area contributed by atoms with E-state index in [0.29, 0.717) is 22.6 Å². The van der Waals surface area contributed by atoms with Crippen LogP contribution in [0, 0.1) is 12.7 Å². The van der Waals surface area contributed by atoms with Crippen molar-refractivity contribution in [2.45, 2.75) is 6.92 Å². The van der Waals surface area contributed by atoms with Gasteiger partial charge in [0.25, 0.3) is 0 Å². The summed E-state index contributed by atoms with van der Waals surface area (Å²) in [6.45, 7) is 1.99. The highest BCUT2D eigenvalue weighted by atomic mass is 35.5. The van der Waals surface area contributed by atoms with Crippen molar-refractivity contribution in [3.63, 3.8) is 0 Å². The predicted molar refractivity (Wildman–Crippen MR) is 86.1 cm³/mol. The number of aromatic nitrogens is 2. The molecule has 3 aromatic rings. The highest BCUT2D eigenvalue weighted by Crippen LogP contribution is 2.40. The van der Waals surface area contributed by atoms with Crippen molar-refractivity contribution in [3.8, 4) is 22.4 Å². The lowest BCUT2D eigenvalue weighted by atomic mass is 10.0. The van der Waals surface area contributed by atoms with Crippen LogP contribution in [0.15, 0.2) is 29.0 Å². The van der Waals surface area contributed by atoms with Gasteiger partial charge in [-0.2, -0.15) is 16.4 Å². The van der Waals surface area contributed by atoms with Crippen LogP contribution in [0.4, 0.5) is 10.2 Å². The second kappa shape index (κ2) is 5.16. The Morgan fingerprint density at radius 1 is 1.29 bits per heavy atom. The first-order chi connectivity index (χ1) is 10.0. The minimum Gasteiger partial charge on any atom is -0.383 e. The molecule has 0 aliphatic rings. The molecular formula is C15H13ClFN3S. The summed E-state index contributed by atoms with van der Waals surface area (Å²) in [4.78, 5) is 0. The Morgan fingerprint density at radius 3 is 2.71 bits per heavy atom. The van der Waals surface area contributed by atoms with Crippen molar-refractivity contribution in [2.24, 2.45) is 7.05 Å². The maximum absolute atomic E-state index is 14.4. The van der Waals surface area contributed by atoms with E-state index in [9.17, 15) is 4.39 Å². The van der Waals surface area contributed by atoms with Gasteiger partial charge in [-0.05, 0) is 23.9 Å². The molecule has 0 fully saturated rings. The average Bonchev–Trinajstić information content (AvgIpc) is 2.99. The average molecular weight is 322 g/mol. The van der Waals surface area contributed by atoms with Crippen molar-refractivity contribution < 1.29 is 4.39 Å². The molecule has 0 unspecified atom stereocenters. The van der Waals surface area contributed by atoms with Gasteiger partial charge in [-0.15, -0.1) is 0 Å². The first-order valence-corrected chi connectivity index (χ1v) is 7.62. The summed E-state index contributed by atoms with van der Waals surface area (Å²) in [5.41, 5.74) is 9.78. The van der Waals surface area contributed by atoms with Crippen molar-refractivity contribution in [1.29, 1.82) is 0 Å². The van der Waals surface area contributed by atoms with Crippen LogP contribution >= 0.6 is 22.9 Å². The van der Waals surface area contributed by atoms with E-state index in [0.717, 1.165) is 11.1 Å². The van der Waals surface area contributed by atoms with Gasteiger partial charge in [-0.25, -0.2) is 4.39 Å². The Bertz CT molecular complexity index is 822. The molecule has 0 aliphatic heterocycles. The van der Waals surface area contributed by atoms with Crippen molar-refractivity contribution in [1.82, 2.24) is 9.78 Å². The first-order valence-electron chi connectivity index (χ1n) is 6.30. The Labute approximate surface area is 130 Å². The standard InChI is InChI=1S/C15H13ClFN3S/c1-8-6-21-7-10(8)14-12(15(18)20(2)19-14)9-4-3-5-11(16)13(9)17/h3-7H,18H2,1-2H3. The minimum absolute atomic E-state index is 0.0729. The lowest BCUT2D eigenvalue weighted by Crippen LogP contribution is -1.98. The van der Waals surface area contributed by atoms with E-state index in [2.05, 4.69) is 5.10 Å². The van der Waals surface area contributed by atoms with Crippen LogP contribution in [0.2, 0.25) is 5.02 Å². The molecule has 0 saturated heterocycles. The second-order valence-corrected chi connectivity index (χ2v) is 5.95. The number of hydrogen-bond acceptors (Lipinski definition) is 3. The van der Waals surface area contributed by atoms with Gasteiger partial charge in [0.15, 0.2) is 0 Å². The fraction of sp³-hybridized carbons (Fsp3) is 0.133. The number of rotatable bonds is 2. The minimum atomic E-state index is -0.479. The van der Waals surface area contributed by atoms with Gasteiger partial charge in [-0.1, -0.05) is 23.7 Å². The third-order valence-electron chi connectivity index (χ3n) is 3.42. The molecule has 2 aromatic heterocycles. The lowest BCUT2D eigenvalue weighted by Gasteiger charge is -2.06. The van der Waals surface area contributed by atoms with E-state index in [1.807, 2.05) is 17.7 Å². The third kappa shape index (κ3) is 2.22. The van der Waals surface area contributed by atoms with Crippen molar-refractivity contribution >= 4 is 28.8 Å². The number of nitrogen functional groups attached to an aromatic ring is 1. The summed E-state index contributed by atoms with van der Waals surface area (Å²) in [6, 6.07) is 4.89. The van der Waals surface area contributed by atoms with E-state index < -0.39 is 5.82 Å². The number of thiophene rings is 1. The lowest BCUT2D eigenvalue weighted by molar-refractivity contribution is 0.632. The molecule has 3 rings (SSSR count). The van der Waals surface area contributed by atoms with Crippen molar-refractivity contribution in [2.75, 3.05) is 5.73 Å². The van der Waals surface area contributed by atoms with E-state index in [1.54, 1.807) is 35.2 Å². The molecule has 1 aromatic carbocycles. The zero-order valence-corrected chi connectivity index (χ0v) is 13.1. The molecule has 0 saturated carbocycles. The Balaban J connectivity index is 2.33. The molecule has 2 N–H and O–H groups in total. The summed E-state index contributed by atoms with van der Waals surface area (Å²) in [6.07, 6.45) is 0. The monoisotopic (exact) mass is 321 g/mol. The van der Waals surface area contributed by atoms with E-state index in [1.165, 1.54) is 6.07 Å². The molecule has 2 heterocycles. The number of halogens is 2. The smallest absolute Gasteiger partial charge is 0.149 e. The third-order valence-corrected chi connectivity index (χ3v) is 4.58. The van der Waals surface area contributed by atoms with E-state index >= 15 is 0 Å². The van der Waals surface area contributed by atoms with Gasteiger partial charge in [0, 0.05) is 23.6 Å². The normalized spacial score (nSPS) is 11.0. The number of benzene rings is 1. The fourth-order valence-corrected chi connectivity index (χ4v) is 3.30. The van der Waals surface area contributed by atoms with Gasteiger partial charge in [0.2, 0.25) is 0 Å². The van der Waals surface area contributed by atoms with Crippen LogP contribution < -0.4 is 5.73 Å². The molecule has 0 aliphatic carbocycles. The number of nitrogens with two attached hydrogens (primary N) is 1. The van der Waals surface area contributed by atoms with Crippen LogP contribution in [0.25, 0.3) is 22.4 Å². The second-order valence-electron chi connectivity index (χ2n) is 4.80. The van der Waals surface area contributed by atoms with Gasteiger partial charge in [0.1, 0.15) is 17.3 Å². The summed E-state index contributed by atoms with van der Waals surface area (Å²) in [5.74, 6) is -0.0650. The first kappa shape index (κ1) is 14.1. The van der Waals surface area contributed by atoms with Crippen LogP contribution in [-0.4, -0.2) is 9.78 Å². The largest absolute Gasteiger partial charge is 0.383 e. The highest BCUT2D eigenvalue weighted by molar-refractivity contribution is 7.08. The topological polar surface area (TPSA) is 43.8 Å². The van der Waals surface area contributed by atoms with Crippen LogP contribution in [0.3, 0.4) is 0 Å². The molecule has 0 spiro atoms. The molecule has 21 heavy (non-hydrogen) atoms. The van der Waals surface area contributed by atoms with Crippen molar-refractivity contribution in [3.05, 3.63) is 45.4 Å². The zero-order chi connectivity index (χ0) is 15.1. The van der Waals surface area contributed by atoms with Gasteiger partial charge >= 0.3 is 0 Å². The quantitative estimate of drug-likeness (QED) is 0.755. The Kier molecular flexibility index (Phi) is 3.47. The molecule has 0 atom stereocenters. The van der Waals surface area contributed by atoms with E-state index in [4.69, 9.17) is 17.3 Å². The molecule has 0 radical (unpaired) electrons. The summed E-state index contributed by atoms with van der Waals surface area (Å²) in [5, 5.41) is 8.54. The maximum Gasteiger partial charge on any atom is 0.149 e. The van der Waals surface area contributed by atoms with Crippen LogP contribution in [-0.2, 0) is 7.05 Å². The molecular weight excluding hydrogens is 309 g/mol. The summed E-state index contributed by atoms with van der Waals surface area (Å²) < 4.78 is 15.9. The maximum atomic E-state index is 14.4. The number of nitrogens with zero attached hydrogens (tertiary/aromatic N) is 2. The van der Waals surface area contributed by atoms with Gasteiger partial charge in [-0.3, -0.25) is 4.68 Å². The van der Waals surface area contributed by atoms with Crippen LogP contribution in [0.5, 0.6) is 0 Å². The number of aryl methyl sites for hydroxylation is 2. The van der Waals surface area contributed by atoms with Crippen LogP contribution in [0.1, 0.15) is 5.56 Å². The molecule has 108 valence electrons.